The summed E-state index contributed by atoms with van der Waals surface area (Å²) in [5.41, 5.74) is 1.08. The number of methoxy groups -OCH3 is 1. The highest BCUT2D eigenvalue weighted by Crippen LogP contribution is 2.36. The monoisotopic (exact) mass is 285 g/mol. The summed E-state index contributed by atoms with van der Waals surface area (Å²) in [4.78, 5) is 0. The maximum atomic E-state index is 6.26. The fourth-order valence-electron chi connectivity index (χ4n) is 1.89. The van der Waals surface area contributed by atoms with Crippen LogP contribution in [0.1, 0.15) is 32.3 Å². The lowest BCUT2D eigenvalue weighted by Crippen LogP contribution is -2.06. The molecule has 3 nitrogen and oxygen atoms in total. The quantitative estimate of drug-likeness (QED) is 0.735. The van der Waals surface area contributed by atoms with E-state index in [4.69, 9.17) is 21.1 Å². The number of ether oxygens (including phenoxy) is 2. The van der Waals surface area contributed by atoms with Crippen LogP contribution in [0, 0.1) is 5.92 Å². The van der Waals surface area contributed by atoms with E-state index in [0.717, 1.165) is 24.9 Å². The van der Waals surface area contributed by atoms with E-state index in [-0.39, 0.29) is 0 Å². The Morgan fingerprint density at radius 2 is 2.05 bits per heavy atom. The third-order valence-electron chi connectivity index (χ3n) is 2.84. The van der Waals surface area contributed by atoms with Gasteiger partial charge in [-0.05, 0) is 43.5 Å². The molecule has 0 atom stereocenters. The van der Waals surface area contributed by atoms with Crippen LogP contribution in [0.4, 0.5) is 0 Å². The Bertz CT molecular complexity index is 394. The van der Waals surface area contributed by atoms with Gasteiger partial charge in [-0.1, -0.05) is 25.4 Å². The van der Waals surface area contributed by atoms with Gasteiger partial charge in [-0.3, -0.25) is 0 Å². The third kappa shape index (κ3) is 5.29. The Kier molecular flexibility index (Phi) is 7.03. The normalized spacial score (nSPS) is 10.8. The van der Waals surface area contributed by atoms with Gasteiger partial charge in [0.05, 0.1) is 18.7 Å². The molecule has 0 heterocycles. The molecule has 0 saturated carbocycles. The molecule has 0 aliphatic rings. The third-order valence-corrected chi connectivity index (χ3v) is 3.12. The summed E-state index contributed by atoms with van der Waals surface area (Å²) < 4.78 is 11.1. The van der Waals surface area contributed by atoms with Crippen molar-refractivity contribution in [3.8, 4) is 11.5 Å². The van der Waals surface area contributed by atoms with E-state index in [9.17, 15) is 0 Å². The van der Waals surface area contributed by atoms with Gasteiger partial charge in [0.2, 0.25) is 0 Å². The van der Waals surface area contributed by atoms with Crippen molar-refractivity contribution in [1.82, 2.24) is 5.32 Å². The van der Waals surface area contributed by atoms with Crippen molar-refractivity contribution in [2.45, 2.75) is 33.2 Å². The molecule has 0 saturated heterocycles. The molecule has 0 aliphatic heterocycles. The second-order valence-corrected chi connectivity index (χ2v) is 5.43. The molecule has 1 N–H and O–H groups in total. The van der Waals surface area contributed by atoms with Crippen molar-refractivity contribution in [2.75, 3.05) is 20.8 Å². The van der Waals surface area contributed by atoms with Crippen LogP contribution in [0.3, 0.4) is 0 Å². The zero-order valence-corrected chi connectivity index (χ0v) is 13.0. The molecular weight excluding hydrogens is 262 g/mol. The molecule has 0 amide bonds. The summed E-state index contributed by atoms with van der Waals surface area (Å²) in [6.45, 7) is 5.84. The van der Waals surface area contributed by atoms with E-state index in [2.05, 4.69) is 19.2 Å². The first kappa shape index (κ1) is 16.1. The maximum absolute atomic E-state index is 6.26. The predicted molar refractivity (Wildman–Crippen MR) is 80.3 cm³/mol. The number of benzene rings is 1. The smallest absolute Gasteiger partial charge is 0.179 e. The Hall–Kier alpha value is -0.930. The van der Waals surface area contributed by atoms with Crippen molar-refractivity contribution in [1.29, 1.82) is 0 Å². The van der Waals surface area contributed by atoms with E-state index < -0.39 is 0 Å². The summed E-state index contributed by atoms with van der Waals surface area (Å²) in [6.07, 6.45) is 2.17. The van der Waals surface area contributed by atoms with Gasteiger partial charge in [0.15, 0.2) is 11.5 Å². The fourth-order valence-corrected chi connectivity index (χ4v) is 2.17. The van der Waals surface area contributed by atoms with Crippen LogP contribution in [-0.4, -0.2) is 20.8 Å². The molecule has 4 heteroatoms. The molecular formula is C15H24ClNO2. The largest absolute Gasteiger partial charge is 0.493 e. The molecule has 0 aliphatic carbocycles. The molecule has 1 aromatic rings. The second kappa shape index (κ2) is 8.28. The Labute approximate surface area is 121 Å². The highest BCUT2D eigenvalue weighted by Gasteiger charge is 2.11. The highest BCUT2D eigenvalue weighted by molar-refractivity contribution is 6.32. The van der Waals surface area contributed by atoms with Gasteiger partial charge >= 0.3 is 0 Å². The summed E-state index contributed by atoms with van der Waals surface area (Å²) in [7, 11) is 3.53. The van der Waals surface area contributed by atoms with Crippen LogP contribution in [0.25, 0.3) is 0 Å². The SMILES string of the molecule is CNCc1cc(Cl)c(OCCCC(C)C)c(OC)c1. The molecule has 19 heavy (non-hydrogen) atoms. The lowest BCUT2D eigenvalue weighted by molar-refractivity contribution is 0.280. The van der Waals surface area contributed by atoms with Gasteiger partial charge in [0, 0.05) is 6.54 Å². The summed E-state index contributed by atoms with van der Waals surface area (Å²) in [5, 5.41) is 3.70. The highest BCUT2D eigenvalue weighted by atomic mass is 35.5. The van der Waals surface area contributed by atoms with Gasteiger partial charge < -0.3 is 14.8 Å². The average molecular weight is 286 g/mol. The minimum atomic E-state index is 0.606. The molecule has 0 spiro atoms. The first-order valence-electron chi connectivity index (χ1n) is 6.72. The predicted octanol–water partition coefficient (Wildman–Crippen LogP) is 3.88. The lowest BCUT2D eigenvalue weighted by atomic mass is 10.1. The molecule has 1 rings (SSSR count). The number of rotatable bonds is 8. The minimum Gasteiger partial charge on any atom is -0.493 e. The van der Waals surface area contributed by atoms with Crippen molar-refractivity contribution in [3.63, 3.8) is 0 Å². The van der Waals surface area contributed by atoms with E-state index in [1.165, 1.54) is 0 Å². The van der Waals surface area contributed by atoms with Crippen LogP contribution >= 0.6 is 11.6 Å². The second-order valence-electron chi connectivity index (χ2n) is 5.02. The number of hydrogen-bond acceptors (Lipinski definition) is 3. The van der Waals surface area contributed by atoms with Crippen molar-refractivity contribution >= 4 is 11.6 Å². The summed E-state index contributed by atoms with van der Waals surface area (Å²) in [6, 6.07) is 3.87. The van der Waals surface area contributed by atoms with Crippen LogP contribution in [0.15, 0.2) is 12.1 Å². The molecule has 0 radical (unpaired) electrons. The first-order valence-corrected chi connectivity index (χ1v) is 7.10. The van der Waals surface area contributed by atoms with E-state index in [1.807, 2.05) is 19.2 Å². The molecule has 0 aromatic heterocycles. The van der Waals surface area contributed by atoms with Gasteiger partial charge in [0.1, 0.15) is 0 Å². The fraction of sp³-hybridized carbons (Fsp3) is 0.600. The van der Waals surface area contributed by atoms with Crippen molar-refractivity contribution < 1.29 is 9.47 Å². The van der Waals surface area contributed by atoms with Crippen molar-refractivity contribution in [3.05, 3.63) is 22.7 Å². The zero-order valence-electron chi connectivity index (χ0n) is 12.3. The standard InChI is InChI=1S/C15H24ClNO2/c1-11(2)6-5-7-19-15-13(16)8-12(10-17-3)9-14(15)18-4/h8-9,11,17H,5-7,10H2,1-4H3. The Morgan fingerprint density at radius 1 is 1.32 bits per heavy atom. The van der Waals surface area contributed by atoms with Crippen molar-refractivity contribution in [2.24, 2.45) is 5.92 Å². The first-order chi connectivity index (χ1) is 9.08. The topological polar surface area (TPSA) is 30.5 Å². The Morgan fingerprint density at radius 3 is 2.63 bits per heavy atom. The minimum absolute atomic E-state index is 0.606. The van der Waals surface area contributed by atoms with Crippen LogP contribution < -0.4 is 14.8 Å². The van der Waals surface area contributed by atoms with E-state index in [0.29, 0.717) is 29.0 Å². The number of nitrogens with one attached hydrogen (secondary N) is 1. The van der Waals surface area contributed by atoms with Crippen LogP contribution in [-0.2, 0) is 6.54 Å². The summed E-state index contributed by atoms with van der Waals surface area (Å²) in [5.74, 6) is 2.04. The molecule has 1 aromatic carbocycles. The zero-order chi connectivity index (χ0) is 14.3. The van der Waals surface area contributed by atoms with Gasteiger partial charge in [-0.2, -0.15) is 0 Å². The number of hydrogen-bond donors (Lipinski definition) is 1. The van der Waals surface area contributed by atoms with Crippen LogP contribution in [0.2, 0.25) is 5.02 Å². The number of halogens is 1. The lowest BCUT2D eigenvalue weighted by Gasteiger charge is -2.14. The molecule has 0 bridgehead atoms. The summed E-state index contributed by atoms with van der Waals surface area (Å²) >= 11 is 6.26. The molecule has 108 valence electrons. The van der Waals surface area contributed by atoms with Gasteiger partial charge in [0.25, 0.3) is 0 Å². The Balaban J connectivity index is 2.70. The van der Waals surface area contributed by atoms with Gasteiger partial charge in [-0.25, -0.2) is 0 Å². The van der Waals surface area contributed by atoms with E-state index >= 15 is 0 Å². The van der Waals surface area contributed by atoms with Gasteiger partial charge in [-0.15, -0.1) is 0 Å². The maximum Gasteiger partial charge on any atom is 0.179 e. The molecule has 0 fully saturated rings. The molecule has 0 unspecified atom stereocenters. The van der Waals surface area contributed by atoms with Crippen LogP contribution in [0.5, 0.6) is 11.5 Å². The van der Waals surface area contributed by atoms with E-state index in [1.54, 1.807) is 7.11 Å². The average Bonchev–Trinajstić information content (AvgIpc) is 2.36.